The van der Waals surface area contributed by atoms with Crippen molar-refractivity contribution in [1.29, 1.82) is 0 Å². The third-order valence-corrected chi connectivity index (χ3v) is 8.03. The van der Waals surface area contributed by atoms with E-state index in [2.05, 4.69) is 27.4 Å². The number of nitrogens with zero attached hydrogens (tertiary/aromatic N) is 4. The zero-order valence-corrected chi connectivity index (χ0v) is 25.3. The number of hydrogen-bond donors (Lipinski definition) is 3. The van der Waals surface area contributed by atoms with Crippen LogP contribution in [0.25, 0.3) is 5.70 Å². The van der Waals surface area contributed by atoms with Gasteiger partial charge in [0.05, 0.1) is 38.1 Å². The van der Waals surface area contributed by atoms with E-state index in [4.69, 9.17) is 14.8 Å². The van der Waals surface area contributed by atoms with Crippen LogP contribution < -0.4 is 10.6 Å². The molecule has 2 fully saturated rings. The lowest BCUT2D eigenvalue weighted by atomic mass is 9.97. The van der Waals surface area contributed by atoms with Crippen LogP contribution in [-0.4, -0.2) is 95.1 Å². The minimum atomic E-state index is -0.819. The van der Waals surface area contributed by atoms with E-state index < -0.39 is 11.9 Å². The second kappa shape index (κ2) is 15.1. The Labute approximate surface area is 258 Å². The first kappa shape index (κ1) is 31.3. The Kier molecular flexibility index (Phi) is 10.7. The van der Waals surface area contributed by atoms with Crippen molar-refractivity contribution in [3.05, 3.63) is 71.6 Å². The summed E-state index contributed by atoms with van der Waals surface area (Å²) in [4.78, 5) is 53.3. The number of amides is 3. The zero-order valence-electron chi connectivity index (χ0n) is 25.3. The van der Waals surface area contributed by atoms with Crippen molar-refractivity contribution in [2.75, 3.05) is 39.6 Å². The van der Waals surface area contributed by atoms with Crippen molar-refractivity contribution < 1.29 is 24.2 Å². The summed E-state index contributed by atoms with van der Waals surface area (Å²) in [7, 11) is 0. The maximum absolute atomic E-state index is 13.4. The van der Waals surface area contributed by atoms with Crippen LogP contribution in [0.1, 0.15) is 60.6 Å². The average molecular weight is 603 g/mol. The number of pyridine rings is 1. The molecule has 2 aromatic rings. The summed E-state index contributed by atoms with van der Waals surface area (Å²) in [6.45, 7) is 4.18. The van der Waals surface area contributed by atoms with Gasteiger partial charge in [-0.3, -0.25) is 19.4 Å². The van der Waals surface area contributed by atoms with E-state index in [1.807, 2.05) is 47.4 Å². The molecule has 11 heteroatoms. The fourth-order valence-corrected chi connectivity index (χ4v) is 5.64. The number of aliphatic hydroxyl groups excluding tert-OH is 1. The van der Waals surface area contributed by atoms with Crippen LogP contribution in [0.5, 0.6) is 0 Å². The highest BCUT2D eigenvalue weighted by Crippen LogP contribution is 2.35. The molecule has 2 atom stereocenters. The molecule has 0 bridgehead atoms. The van der Waals surface area contributed by atoms with Crippen LogP contribution in [0.4, 0.5) is 0 Å². The molecule has 1 saturated heterocycles. The Balaban J connectivity index is 1.27. The predicted molar refractivity (Wildman–Crippen MR) is 166 cm³/mol. The van der Waals surface area contributed by atoms with Crippen molar-refractivity contribution in [3.8, 4) is 0 Å². The van der Waals surface area contributed by atoms with Gasteiger partial charge in [-0.1, -0.05) is 43.3 Å². The highest BCUT2D eigenvalue weighted by atomic mass is 16.5. The normalized spacial score (nSPS) is 19.0. The Morgan fingerprint density at radius 2 is 1.93 bits per heavy atom. The topological polar surface area (TPSA) is 136 Å². The SMILES string of the molecule is CCCN1CN(C2CC2)C(=O)C2CCC=C(c3ccc(C(=O)NC(Cc4ccccc4)C(=O)NCCOCCO)nc3)N=C21. The van der Waals surface area contributed by atoms with E-state index in [0.29, 0.717) is 19.1 Å². The fourth-order valence-electron chi connectivity index (χ4n) is 5.64. The molecule has 44 heavy (non-hydrogen) atoms. The Morgan fingerprint density at radius 1 is 1.11 bits per heavy atom. The third kappa shape index (κ3) is 7.89. The standard InChI is InChI=1S/C33H42N6O5/c1-2-16-38-22-39(25-12-13-25)33(43)26-9-6-10-27(36-30(26)38)24-11-14-28(35-21-24)32(42)37-29(20-23-7-4-3-5-8-23)31(41)34-15-18-44-19-17-40/h3-5,7-8,10-11,14,21,25-26,29,40H,2,6,9,12-13,15-20,22H2,1H3,(H,34,41)(H,37,42). The first-order chi connectivity index (χ1) is 21.5. The number of amidine groups is 1. The number of fused-ring (bicyclic) bond motifs is 1. The average Bonchev–Trinajstić information content (AvgIpc) is 3.90. The number of carbonyl (C=O) groups excluding carboxylic acids is 3. The number of nitrogens with one attached hydrogen (secondary N) is 2. The van der Waals surface area contributed by atoms with Gasteiger partial charge in [0.25, 0.3) is 5.91 Å². The number of aromatic nitrogens is 1. The number of benzene rings is 1. The Morgan fingerprint density at radius 3 is 2.64 bits per heavy atom. The maximum Gasteiger partial charge on any atom is 0.270 e. The van der Waals surface area contributed by atoms with Gasteiger partial charge in [0.15, 0.2) is 0 Å². The van der Waals surface area contributed by atoms with Crippen molar-refractivity contribution in [2.45, 2.75) is 57.5 Å². The maximum atomic E-state index is 13.4. The lowest BCUT2D eigenvalue weighted by molar-refractivity contribution is -0.138. The van der Waals surface area contributed by atoms with Gasteiger partial charge in [0.2, 0.25) is 11.8 Å². The van der Waals surface area contributed by atoms with Crippen LogP contribution in [-0.2, 0) is 20.7 Å². The molecule has 3 amide bonds. The van der Waals surface area contributed by atoms with Gasteiger partial charge in [-0.15, -0.1) is 0 Å². The van der Waals surface area contributed by atoms with Crippen LogP contribution in [0.15, 0.2) is 59.7 Å². The molecule has 2 aliphatic heterocycles. The van der Waals surface area contributed by atoms with Gasteiger partial charge < -0.3 is 30.3 Å². The van der Waals surface area contributed by atoms with E-state index in [0.717, 1.165) is 61.3 Å². The first-order valence-corrected chi connectivity index (χ1v) is 15.6. The molecule has 0 radical (unpaired) electrons. The molecule has 1 aromatic heterocycles. The molecule has 1 aromatic carbocycles. The molecule has 3 heterocycles. The van der Waals surface area contributed by atoms with Crippen LogP contribution in [0.2, 0.25) is 0 Å². The summed E-state index contributed by atoms with van der Waals surface area (Å²) >= 11 is 0. The zero-order chi connectivity index (χ0) is 30.9. The summed E-state index contributed by atoms with van der Waals surface area (Å²) in [6, 6.07) is 12.5. The molecule has 3 N–H and O–H groups in total. The Bertz CT molecular complexity index is 1360. The molecular weight excluding hydrogens is 560 g/mol. The van der Waals surface area contributed by atoms with Crippen LogP contribution in [0, 0.1) is 5.92 Å². The Hall–Kier alpha value is -4.09. The molecule has 3 aliphatic rings. The van der Waals surface area contributed by atoms with Gasteiger partial charge in [-0.25, -0.2) is 4.99 Å². The lowest BCUT2D eigenvalue weighted by Gasteiger charge is -2.41. The smallest absolute Gasteiger partial charge is 0.270 e. The predicted octanol–water partition coefficient (Wildman–Crippen LogP) is 2.37. The molecule has 234 valence electrons. The summed E-state index contributed by atoms with van der Waals surface area (Å²) in [6.07, 6.45) is 8.55. The van der Waals surface area contributed by atoms with Gasteiger partial charge in [-0.05, 0) is 49.8 Å². The number of hydrogen-bond acceptors (Lipinski definition) is 8. The summed E-state index contributed by atoms with van der Waals surface area (Å²) < 4.78 is 5.22. The second-order valence-corrected chi connectivity index (χ2v) is 11.4. The molecular formula is C33H42N6O5. The van der Waals surface area contributed by atoms with Crippen molar-refractivity contribution >= 4 is 29.3 Å². The van der Waals surface area contributed by atoms with E-state index in [-0.39, 0.29) is 49.8 Å². The lowest BCUT2D eigenvalue weighted by Crippen LogP contribution is -2.57. The van der Waals surface area contributed by atoms with Crippen molar-refractivity contribution in [1.82, 2.24) is 25.4 Å². The summed E-state index contributed by atoms with van der Waals surface area (Å²) in [5.41, 5.74) is 2.61. The summed E-state index contributed by atoms with van der Waals surface area (Å²) in [5, 5.41) is 14.5. The number of aliphatic imine (C=N–C) groups is 1. The van der Waals surface area contributed by atoms with Crippen molar-refractivity contribution in [3.63, 3.8) is 0 Å². The quantitative estimate of drug-likeness (QED) is 0.283. The van der Waals surface area contributed by atoms with Gasteiger partial charge in [0, 0.05) is 37.3 Å². The molecule has 1 aliphatic carbocycles. The molecule has 5 rings (SSSR count). The summed E-state index contributed by atoms with van der Waals surface area (Å²) in [5.74, 6) is -0.0190. The van der Waals surface area contributed by atoms with E-state index in [9.17, 15) is 14.4 Å². The number of carbonyl (C=O) groups is 3. The highest BCUT2D eigenvalue weighted by Gasteiger charge is 2.44. The van der Waals surface area contributed by atoms with Crippen LogP contribution in [0.3, 0.4) is 0 Å². The molecule has 11 nitrogen and oxygen atoms in total. The third-order valence-electron chi connectivity index (χ3n) is 8.03. The van der Waals surface area contributed by atoms with Crippen LogP contribution >= 0.6 is 0 Å². The number of rotatable bonds is 14. The van der Waals surface area contributed by atoms with E-state index in [1.165, 1.54) is 0 Å². The first-order valence-electron chi connectivity index (χ1n) is 15.6. The molecule has 0 spiro atoms. The van der Waals surface area contributed by atoms with Gasteiger partial charge >= 0.3 is 0 Å². The molecule has 1 saturated carbocycles. The largest absolute Gasteiger partial charge is 0.394 e. The monoisotopic (exact) mass is 602 g/mol. The van der Waals surface area contributed by atoms with Crippen molar-refractivity contribution in [2.24, 2.45) is 10.9 Å². The minimum Gasteiger partial charge on any atom is -0.394 e. The van der Waals surface area contributed by atoms with Gasteiger partial charge in [0.1, 0.15) is 17.6 Å². The number of allylic oxidation sites excluding steroid dienone is 1. The number of aliphatic hydroxyl groups is 1. The van der Waals surface area contributed by atoms with Gasteiger partial charge in [-0.2, -0.15) is 0 Å². The molecule has 2 unspecified atom stereocenters. The minimum absolute atomic E-state index is 0.0894. The second-order valence-electron chi connectivity index (χ2n) is 11.4. The fraction of sp³-hybridized carbons (Fsp3) is 0.485. The van der Waals surface area contributed by atoms with E-state index >= 15 is 0 Å². The highest BCUT2D eigenvalue weighted by molar-refractivity contribution is 6.07. The number of ether oxygens (including phenoxy) is 1. The van der Waals surface area contributed by atoms with E-state index in [1.54, 1.807) is 12.3 Å².